The number of hydrogen-bond acceptors (Lipinski definition) is 0. The van der Waals surface area contributed by atoms with Gasteiger partial charge in [0.1, 0.15) is 0 Å². The predicted molar refractivity (Wildman–Crippen MR) is 26.0 cm³/mol. The van der Waals surface area contributed by atoms with Crippen molar-refractivity contribution in [1.82, 2.24) is 0 Å². The van der Waals surface area contributed by atoms with Crippen molar-refractivity contribution in [2.45, 2.75) is 19.3 Å². The van der Waals surface area contributed by atoms with Crippen LogP contribution in [0.25, 0.3) is 0 Å². The highest BCUT2D eigenvalue weighted by molar-refractivity contribution is 5.06. The molecule has 1 aliphatic carbocycles. The molecule has 1 rings (SSSR count). The molecule has 0 aliphatic heterocycles. The first-order valence-corrected chi connectivity index (χ1v) is 2.31. The maximum absolute atomic E-state index is 3.71. The number of allylic oxidation sites excluding steroid dienone is 2. The van der Waals surface area contributed by atoms with Gasteiger partial charge in [0.2, 0.25) is 0 Å². The number of rotatable bonds is 1. The molecule has 0 aromatic heterocycles. The summed E-state index contributed by atoms with van der Waals surface area (Å²) in [6.45, 7) is 3.71. The SMILES string of the molecule is [CH2]CC1=[C]CC1. The monoisotopic (exact) mass is 80.1 g/mol. The molecule has 2 radical (unpaired) electrons. The Morgan fingerprint density at radius 2 is 2.50 bits per heavy atom. The van der Waals surface area contributed by atoms with Crippen LogP contribution in [0.2, 0.25) is 0 Å². The van der Waals surface area contributed by atoms with Crippen LogP contribution < -0.4 is 0 Å². The van der Waals surface area contributed by atoms with Crippen molar-refractivity contribution in [3.8, 4) is 0 Å². The van der Waals surface area contributed by atoms with Crippen molar-refractivity contribution < 1.29 is 0 Å². The average Bonchev–Trinajstić information content (AvgIpc) is 1.31. The van der Waals surface area contributed by atoms with E-state index < -0.39 is 0 Å². The molecule has 0 saturated heterocycles. The van der Waals surface area contributed by atoms with Crippen molar-refractivity contribution in [2.24, 2.45) is 0 Å². The molecule has 0 amide bonds. The zero-order chi connectivity index (χ0) is 4.41. The summed E-state index contributed by atoms with van der Waals surface area (Å²) in [6.07, 6.45) is 6.55. The molecule has 0 aromatic carbocycles. The van der Waals surface area contributed by atoms with Crippen LogP contribution in [-0.2, 0) is 0 Å². The van der Waals surface area contributed by atoms with E-state index in [0.717, 1.165) is 6.42 Å². The molecule has 0 bridgehead atoms. The minimum atomic E-state index is 0.972. The lowest BCUT2D eigenvalue weighted by Gasteiger charge is -2.08. The molecule has 0 nitrogen and oxygen atoms in total. The van der Waals surface area contributed by atoms with E-state index in [9.17, 15) is 0 Å². The van der Waals surface area contributed by atoms with E-state index in [1.54, 1.807) is 0 Å². The van der Waals surface area contributed by atoms with Gasteiger partial charge in [0, 0.05) is 0 Å². The molecular weight excluding hydrogens is 72.1 g/mol. The second kappa shape index (κ2) is 1.46. The maximum Gasteiger partial charge on any atom is -0.0239 e. The van der Waals surface area contributed by atoms with E-state index >= 15 is 0 Å². The summed E-state index contributed by atoms with van der Waals surface area (Å²) < 4.78 is 0. The highest BCUT2D eigenvalue weighted by Crippen LogP contribution is 2.18. The van der Waals surface area contributed by atoms with Crippen LogP contribution in [0.1, 0.15) is 19.3 Å². The van der Waals surface area contributed by atoms with Crippen LogP contribution in [0.5, 0.6) is 0 Å². The second-order valence-electron chi connectivity index (χ2n) is 1.53. The quantitative estimate of drug-likeness (QED) is 0.450. The molecule has 1 aliphatic rings. The van der Waals surface area contributed by atoms with Crippen LogP contribution in [0.3, 0.4) is 0 Å². The Balaban J connectivity index is 2.32. The van der Waals surface area contributed by atoms with Gasteiger partial charge in [-0.1, -0.05) is 5.57 Å². The fraction of sp³-hybridized carbons (Fsp3) is 0.500. The lowest BCUT2D eigenvalue weighted by atomic mass is 9.97. The maximum atomic E-state index is 3.71. The van der Waals surface area contributed by atoms with Crippen LogP contribution in [0.4, 0.5) is 0 Å². The van der Waals surface area contributed by atoms with E-state index in [4.69, 9.17) is 0 Å². The van der Waals surface area contributed by atoms with Crippen LogP contribution in [-0.4, -0.2) is 0 Å². The molecule has 0 atom stereocenters. The third-order valence-electron chi connectivity index (χ3n) is 1.10. The summed E-state index contributed by atoms with van der Waals surface area (Å²) in [4.78, 5) is 0. The highest BCUT2D eigenvalue weighted by Gasteiger charge is 2.00. The Morgan fingerprint density at radius 1 is 1.83 bits per heavy atom. The molecule has 0 N–H and O–H groups in total. The first kappa shape index (κ1) is 3.91. The normalized spacial score (nSPS) is 19.2. The molecule has 0 aromatic rings. The summed E-state index contributed by atoms with van der Waals surface area (Å²) in [5, 5.41) is 0. The Morgan fingerprint density at radius 3 is 2.50 bits per heavy atom. The van der Waals surface area contributed by atoms with Crippen molar-refractivity contribution in [2.75, 3.05) is 0 Å². The molecule has 6 heavy (non-hydrogen) atoms. The van der Waals surface area contributed by atoms with Gasteiger partial charge in [-0.3, -0.25) is 0 Å². The topological polar surface area (TPSA) is 0 Å². The fourth-order valence-corrected chi connectivity index (χ4v) is 0.515. The van der Waals surface area contributed by atoms with Gasteiger partial charge in [-0.25, -0.2) is 0 Å². The largest absolute Gasteiger partial charge is 0.0664 e. The molecule has 0 fully saturated rings. The van der Waals surface area contributed by atoms with E-state index in [1.165, 1.54) is 18.4 Å². The third-order valence-corrected chi connectivity index (χ3v) is 1.10. The summed E-state index contributed by atoms with van der Waals surface area (Å²) in [6, 6.07) is 0. The fourth-order valence-electron chi connectivity index (χ4n) is 0.515. The molecule has 0 heterocycles. The van der Waals surface area contributed by atoms with Crippen molar-refractivity contribution in [3.63, 3.8) is 0 Å². The van der Waals surface area contributed by atoms with Gasteiger partial charge >= 0.3 is 0 Å². The lowest BCUT2D eigenvalue weighted by Crippen LogP contribution is -1.90. The van der Waals surface area contributed by atoms with Gasteiger partial charge in [-0.2, -0.15) is 0 Å². The zero-order valence-electron chi connectivity index (χ0n) is 3.83. The van der Waals surface area contributed by atoms with E-state index in [2.05, 4.69) is 13.0 Å². The third kappa shape index (κ3) is 0.469. The molecule has 0 spiro atoms. The van der Waals surface area contributed by atoms with Gasteiger partial charge in [0.15, 0.2) is 0 Å². The smallest absolute Gasteiger partial charge is 0.0239 e. The van der Waals surface area contributed by atoms with Gasteiger partial charge in [-0.15, -0.1) is 0 Å². The predicted octanol–water partition coefficient (Wildman–Crippen LogP) is 1.73. The second-order valence-corrected chi connectivity index (χ2v) is 1.53. The molecular formula is C6H8. The number of hydrogen-bond donors (Lipinski definition) is 0. The van der Waals surface area contributed by atoms with Crippen molar-refractivity contribution in [1.29, 1.82) is 0 Å². The molecule has 32 valence electrons. The van der Waals surface area contributed by atoms with Gasteiger partial charge in [0.25, 0.3) is 0 Å². The van der Waals surface area contributed by atoms with E-state index in [-0.39, 0.29) is 0 Å². The van der Waals surface area contributed by atoms with Crippen LogP contribution in [0, 0.1) is 13.0 Å². The Hall–Kier alpha value is -0.260. The summed E-state index contributed by atoms with van der Waals surface area (Å²) in [5.41, 5.74) is 1.41. The highest BCUT2D eigenvalue weighted by atomic mass is 14.1. The average molecular weight is 80.1 g/mol. The standard InChI is InChI=1S/C6H8/c1-2-6-4-3-5-6/h1-4H2. The van der Waals surface area contributed by atoms with Crippen LogP contribution in [0.15, 0.2) is 5.57 Å². The minimum Gasteiger partial charge on any atom is -0.0664 e. The Kier molecular flexibility index (Phi) is 0.952. The zero-order valence-corrected chi connectivity index (χ0v) is 3.83. The first-order chi connectivity index (χ1) is 2.93. The summed E-state index contributed by atoms with van der Waals surface area (Å²) >= 11 is 0. The van der Waals surface area contributed by atoms with Crippen molar-refractivity contribution >= 4 is 0 Å². The minimum absolute atomic E-state index is 0.972. The summed E-state index contributed by atoms with van der Waals surface area (Å²) in [7, 11) is 0. The van der Waals surface area contributed by atoms with Crippen molar-refractivity contribution in [3.05, 3.63) is 18.6 Å². The first-order valence-electron chi connectivity index (χ1n) is 2.31. The van der Waals surface area contributed by atoms with E-state index in [0.29, 0.717) is 0 Å². The Labute approximate surface area is 38.9 Å². The van der Waals surface area contributed by atoms with Crippen LogP contribution >= 0.6 is 0 Å². The molecule has 0 saturated carbocycles. The van der Waals surface area contributed by atoms with E-state index in [1.807, 2.05) is 0 Å². The Bertz CT molecular complexity index is 70.1. The summed E-state index contributed by atoms with van der Waals surface area (Å²) in [5.74, 6) is 0. The van der Waals surface area contributed by atoms with Gasteiger partial charge in [0.05, 0.1) is 0 Å². The lowest BCUT2D eigenvalue weighted by molar-refractivity contribution is 0.812. The van der Waals surface area contributed by atoms with Gasteiger partial charge < -0.3 is 0 Å². The molecule has 0 unspecified atom stereocenters. The van der Waals surface area contributed by atoms with Gasteiger partial charge in [-0.05, 0) is 32.3 Å². The molecule has 0 heteroatoms.